The number of fused-ring (bicyclic) bond motifs is 2. The molecule has 0 amide bonds. The Kier molecular flexibility index (Phi) is 5.58. The third kappa shape index (κ3) is 4.18. The first-order chi connectivity index (χ1) is 18.7. The Labute approximate surface area is 217 Å². The highest BCUT2D eigenvalue weighted by Gasteiger charge is 2.17. The number of rotatable bonds is 7. The molecule has 5 aromatic heterocycles. The molecule has 10 heteroatoms. The minimum absolute atomic E-state index is 0.347. The molecule has 0 saturated carbocycles. The predicted octanol–water partition coefficient (Wildman–Crippen LogP) is 5.17. The summed E-state index contributed by atoms with van der Waals surface area (Å²) < 4.78 is 20.6. The summed E-state index contributed by atoms with van der Waals surface area (Å²) in [4.78, 5) is 15.0. The SMILES string of the molecule is Fc1cc(OCCN2CCCC2)cc(-c2cncc3[nH]c(-c4n[nH]c5ccc(-c6cn[nH]c6)nc45)cc23)c1. The Morgan fingerprint density at radius 3 is 2.76 bits per heavy atom. The van der Waals surface area contributed by atoms with Crippen LogP contribution in [0.15, 0.2) is 61.2 Å². The number of hydrogen-bond donors (Lipinski definition) is 3. The molecule has 0 bridgehead atoms. The lowest BCUT2D eigenvalue weighted by Gasteiger charge is -2.15. The van der Waals surface area contributed by atoms with Gasteiger partial charge in [-0.3, -0.25) is 20.1 Å². The summed E-state index contributed by atoms with van der Waals surface area (Å²) in [6, 6.07) is 10.7. The zero-order valence-corrected chi connectivity index (χ0v) is 20.5. The summed E-state index contributed by atoms with van der Waals surface area (Å²) in [6.07, 6.45) is 9.51. The Morgan fingerprint density at radius 2 is 1.89 bits per heavy atom. The van der Waals surface area contributed by atoms with E-state index in [-0.39, 0.29) is 5.82 Å². The van der Waals surface area contributed by atoms with E-state index in [9.17, 15) is 4.39 Å². The molecule has 38 heavy (non-hydrogen) atoms. The Morgan fingerprint density at radius 1 is 0.974 bits per heavy atom. The van der Waals surface area contributed by atoms with E-state index in [2.05, 4.69) is 35.3 Å². The second kappa shape index (κ2) is 9.38. The molecular weight excluding hydrogens is 483 g/mol. The zero-order chi connectivity index (χ0) is 25.5. The highest BCUT2D eigenvalue weighted by molar-refractivity contribution is 6.00. The molecule has 0 unspecified atom stereocenters. The van der Waals surface area contributed by atoms with Crippen LogP contribution in [-0.4, -0.2) is 66.5 Å². The van der Waals surface area contributed by atoms with Crippen LogP contribution < -0.4 is 4.74 Å². The highest BCUT2D eigenvalue weighted by Crippen LogP contribution is 2.35. The fraction of sp³-hybridized carbons (Fsp3) is 0.214. The molecule has 9 nitrogen and oxygen atoms in total. The van der Waals surface area contributed by atoms with Gasteiger partial charge in [0.2, 0.25) is 0 Å². The first kappa shape index (κ1) is 22.6. The molecule has 6 heterocycles. The van der Waals surface area contributed by atoms with Gasteiger partial charge in [0.25, 0.3) is 0 Å². The minimum Gasteiger partial charge on any atom is -0.492 e. The molecule has 190 valence electrons. The predicted molar refractivity (Wildman–Crippen MR) is 143 cm³/mol. The summed E-state index contributed by atoms with van der Waals surface area (Å²) in [7, 11) is 0. The smallest absolute Gasteiger partial charge is 0.135 e. The molecule has 1 aromatic carbocycles. The number of nitrogens with one attached hydrogen (secondary N) is 3. The van der Waals surface area contributed by atoms with Crippen LogP contribution in [0.25, 0.3) is 55.7 Å². The van der Waals surface area contributed by atoms with Gasteiger partial charge >= 0.3 is 0 Å². The van der Waals surface area contributed by atoms with Crippen LogP contribution in [0, 0.1) is 5.82 Å². The van der Waals surface area contributed by atoms with Gasteiger partial charge in [-0.05, 0) is 61.8 Å². The molecule has 7 rings (SSSR count). The average Bonchev–Trinajstić information content (AvgIpc) is 3.73. The molecule has 6 aromatic rings. The maximum atomic E-state index is 14.7. The van der Waals surface area contributed by atoms with Crippen LogP contribution in [0.4, 0.5) is 4.39 Å². The number of hydrogen-bond acceptors (Lipinski definition) is 6. The van der Waals surface area contributed by atoms with Gasteiger partial charge in [-0.1, -0.05) is 0 Å². The first-order valence-electron chi connectivity index (χ1n) is 12.7. The Balaban J connectivity index is 1.23. The topological polar surface area (TPSA) is 111 Å². The van der Waals surface area contributed by atoms with Gasteiger partial charge in [0, 0.05) is 41.5 Å². The summed E-state index contributed by atoms with van der Waals surface area (Å²) in [5.41, 5.74) is 7.07. The maximum Gasteiger partial charge on any atom is 0.135 e. The number of likely N-dealkylation sites (tertiary alicyclic amines) is 1. The summed E-state index contributed by atoms with van der Waals surface area (Å²) in [6.45, 7) is 3.58. The van der Waals surface area contributed by atoms with Crippen molar-refractivity contribution in [2.45, 2.75) is 12.8 Å². The molecule has 1 fully saturated rings. The quantitative estimate of drug-likeness (QED) is 0.274. The van der Waals surface area contributed by atoms with Gasteiger partial charge in [0.05, 0.1) is 34.8 Å². The van der Waals surface area contributed by atoms with Crippen molar-refractivity contribution in [3.8, 4) is 39.5 Å². The van der Waals surface area contributed by atoms with Crippen molar-refractivity contribution in [2.24, 2.45) is 0 Å². The molecule has 1 aliphatic rings. The number of ether oxygens (including phenoxy) is 1. The molecular formula is C28H25FN8O. The summed E-state index contributed by atoms with van der Waals surface area (Å²) >= 11 is 0. The molecule has 0 radical (unpaired) electrons. The molecule has 1 saturated heterocycles. The fourth-order valence-electron chi connectivity index (χ4n) is 5.15. The normalized spacial score (nSPS) is 14.1. The van der Waals surface area contributed by atoms with E-state index < -0.39 is 0 Å². The van der Waals surface area contributed by atoms with E-state index in [1.807, 2.05) is 24.3 Å². The number of pyridine rings is 2. The zero-order valence-electron chi connectivity index (χ0n) is 20.5. The number of benzene rings is 1. The van der Waals surface area contributed by atoms with E-state index in [0.29, 0.717) is 23.6 Å². The van der Waals surface area contributed by atoms with Crippen molar-refractivity contribution in [2.75, 3.05) is 26.2 Å². The van der Waals surface area contributed by atoms with Crippen molar-refractivity contribution < 1.29 is 9.13 Å². The van der Waals surface area contributed by atoms with E-state index in [1.165, 1.54) is 25.0 Å². The number of halogens is 1. The van der Waals surface area contributed by atoms with Crippen LogP contribution in [-0.2, 0) is 0 Å². The minimum atomic E-state index is -0.347. The third-order valence-electron chi connectivity index (χ3n) is 7.06. The van der Waals surface area contributed by atoms with E-state index >= 15 is 0 Å². The van der Waals surface area contributed by atoms with Gasteiger partial charge in [-0.25, -0.2) is 9.37 Å². The van der Waals surface area contributed by atoms with Crippen molar-refractivity contribution in [3.63, 3.8) is 0 Å². The monoisotopic (exact) mass is 508 g/mol. The second-order valence-electron chi connectivity index (χ2n) is 9.56. The lowest BCUT2D eigenvalue weighted by molar-refractivity contribution is 0.237. The lowest BCUT2D eigenvalue weighted by atomic mass is 10.0. The molecule has 0 aliphatic carbocycles. The molecule has 0 atom stereocenters. The van der Waals surface area contributed by atoms with Crippen LogP contribution in [0.2, 0.25) is 0 Å². The summed E-state index contributed by atoms with van der Waals surface area (Å²) in [5.74, 6) is 0.168. The average molecular weight is 509 g/mol. The largest absolute Gasteiger partial charge is 0.492 e. The maximum absolute atomic E-state index is 14.7. The second-order valence-corrected chi connectivity index (χ2v) is 9.56. The van der Waals surface area contributed by atoms with Crippen LogP contribution >= 0.6 is 0 Å². The Bertz CT molecular complexity index is 1730. The van der Waals surface area contributed by atoms with E-state index in [4.69, 9.17) is 9.72 Å². The lowest BCUT2D eigenvalue weighted by Crippen LogP contribution is -2.25. The van der Waals surface area contributed by atoms with Gasteiger partial charge in [0.1, 0.15) is 29.4 Å². The fourth-order valence-corrected chi connectivity index (χ4v) is 5.15. The van der Waals surface area contributed by atoms with E-state index in [0.717, 1.165) is 64.1 Å². The summed E-state index contributed by atoms with van der Waals surface area (Å²) in [5, 5.41) is 15.3. The van der Waals surface area contributed by atoms with Crippen molar-refractivity contribution in [3.05, 3.63) is 67.0 Å². The number of nitrogens with zero attached hydrogens (tertiary/aromatic N) is 5. The van der Waals surface area contributed by atoms with Gasteiger partial charge < -0.3 is 9.72 Å². The number of aromatic amines is 3. The highest BCUT2D eigenvalue weighted by atomic mass is 19.1. The molecule has 3 N–H and O–H groups in total. The van der Waals surface area contributed by atoms with Crippen LogP contribution in [0.1, 0.15) is 12.8 Å². The van der Waals surface area contributed by atoms with Crippen LogP contribution in [0.5, 0.6) is 5.75 Å². The van der Waals surface area contributed by atoms with Crippen LogP contribution in [0.3, 0.4) is 0 Å². The first-order valence-corrected chi connectivity index (χ1v) is 12.7. The molecule has 1 aliphatic heterocycles. The van der Waals surface area contributed by atoms with Gasteiger partial charge in [-0.2, -0.15) is 10.2 Å². The van der Waals surface area contributed by atoms with E-state index in [1.54, 1.807) is 24.8 Å². The van der Waals surface area contributed by atoms with Gasteiger partial charge in [-0.15, -0.1) is 0 Å². The number of aromatic nitrogens is 7. The Hall–Kier alpha value is -4.57. The third-order valence-corrected chi connectivity index (χ3v) is 7.06. The van der Waals surface area contributed by atoms with Crippen molar-refractivity contribution in [1.29, 1.82) is 0 Å². The van der Waals surface area contributed by atoms with Gasteiger partial charge in [0.15, 0.2) is 0 Å². The standard InChI is InChI=1S/C28H25FN8O/c29-19-9-17(10-20(11-19)38-8-7-37-5-1-2-6-37)22-15-30-16-26-21(22)12-25(33-26)28-27-24(35-36-28)4-3-23(34-27)18-13-31-32-14-18/h3-4,9-16,33H,1-2,5-8H2,(H,31,32)(H,35,36). The molecule has 0 spiro atoms. The number of H-pyrrole nitrogens is 3. The van der Waals surface area contributed by atoms with Crippen molar-refractivity contribution in [1.82, 2.24) is 40.2 Å². The van der Waals surface area contributed by atoms with Crippen molar-refractivity contribution >= 4 is 21.9 Å².